The van der Waals surface area contributed by atoms with Crippen molar-refractivity contribution in [2.45, 2.75) is 47.0 Å². The molecular formula is C15H24ClN3. The first kappa shape index (κ1) is 14.6. The van der Waals surface area contributed by atoms with E-state index in [2.05, 4.69) is 42.6 Å². The second-order valence-corrected chi connectivity index (χ2v) is 6.83. The molecule has 19 heavy (non-hydrogen) atoms. The van der Waals surface area contributed by atoms with Gasteiger partial charge in [-0.25, -0.2) is 9.97 Å². The second-order valence-electron chi connectivity index (χ2n) is 6.45. The van der Waals surface area contributed by atoms with Crippen LogP contribution in [0.3, 0.4) is 0 Å². The van der Waals surface area contributed by atoms with Crippen molar-refractivity contribution in [3.05, 3.63) is 17.0 Å². The van der Waals surface area contributed by atoms with Crippen molar-refractivity contribution in [3.8, 4) is 0 Å². The van der Waals surface area contributed by atoms with Crippen molar-refractivity contribution in [1.82, 2.24) is 9.97 Å². The zero-order valence-corrected chi connectivity index (χ0v) is 13.2. The van der Waals surface area contributed by atoms with Gasteiger partial charge in [0.2, 0.25) is 0 Å². The van der Waals surface area contributed by atoms with Crippen LogP contribution in [-0.4, -0.2) is 23.1 Å². The molecule has 1 aliphatic heterocycles. The van der Waals surface area contributed by atoms with Gasteiger partial charge in [-0.3, -0.25) is 0 Å². The third kappa shape index (κ3) is 3.59. The van der Waals surface area contributed by atoms with Crippen molar-refractivity contribution < 1.29 is 0 Å². The fourth-order valence-corrected chi connectivity index (χ4v) is 2.94. The molecule has 1 saturated heterocycles. The van der Waals surface area contributed by atoms with Crippen LogP contribution in [-0.2, 0) is 6.42 Å². The monoisotopic (exact) mass is 281 g/mol. The zero-order chi connectivity index (χ0) is 14.0. The summed E-state index contributed by atoms with van der Waals surface area (Å²) < 4.78 is 0. The molecule has 0 unspecified atom stereocenters. The molecule has 1 aliphatic rings. The number of rotatable bonds is 2. The van der Waals surface area contributed by atoms with E-state index in [0.717, 1.165) is 37.1 Å². The van der Waals surface area contributed by atoms with Crippen molar-refractivity contribution in [1.29, 1.82) is 0 Å². The van der Waals surface area contributed by atoms with Gasteiger partial charge in [0.05, 0.1) is 0 Å². The lowest BCUT2D eigenvalue weighted by Gasteiger charge is -2.39. The lowest BCUT2D eigenvalue weighted by Crippen LogP contribution is -2.38. The van der Waals surface area contributed by atoms with Gasteiger partial charge < -0.3 is 4.90 Å². The molecular weight excluding hydrogens is 258 g/mol. The summed E-state index contributed by atoms with van der Waals surface area (Å²) in [5, 5.41) is 0.555. The van der Waals surface area contributed by atoms with Gasteiger partial charge in [0.15, 0.2) is 0 Å². The highest BCUT2D eigenvalue weighted by Crippen LogP contribution is 2.35. The van der Waals surface area contributed by atoms with Crippen LogP contribution in [0.1, 0.15) is 46.4 Å². The molecule has 106 valence electrons. The molecule has 0 N–H and O–H groups in total. The summed E-state index contributed by atoms with van der Waals surface area (Å²) >= 11 is 6.07. The standard InChI is InChI=1S/C15H24ClN3/c1-5-13-17-12(16)10-14(18-13)19-8-6-11(7-9-19)15(2,3)4/h10-11H,5-9H2,1-4H3. The summed E-state index contributed by atoms with van der Waals surface area (Å²) in [5.74, 6) is 2.62. The highest BCUT2D eigenvalue weighted by Gasteiger charge is 2.29. The Morgan fingerprint density at radius 3 is 2.42 bits per heavy atom. The van der Waals surface area contributed by atoms with Gasteiger partial charge in [0, 0.05) is 25.6 Å². The fraction of sp³-hybridized carbons (Fsp3) is 0.733. The van der Waals surface area contributed by atoms with Gasteiger partial charge in [-0.2, -0.15) is 0 Å². The van der Waals surface area contributed by atoms with Crippen LogP contribution >= 0.6 is 11.6 Å². The maximum Gasteiger partial charge on any atom is 0.134 e. The predicted molar refractivity (Wildman–Crippen MR) is 80.8 cm³/mol. The number of hydrogen-bond donors (Lipinski definition) is 0. The van der Waals surface area contributed by atoms with E-state index in [1.807, 2.05) is 6.07 Å². The smallest absolute Gasteiger partial charge is 0.134 e. The topological polar surface area (TPSA) is 29.0 Å². The summed E-state index contributed by atoms with van der Waals surface area (Å²) in [6.45, 7) is 11.2. The summed E-state index contributed by atoms with van der Waals surface area (Å²) in [7, 11) is 0. The van der Waals surface area contributed by atoms with Gasteiger partial charge in [0.1, 0.15) is 16.8 Å². The largest absolute Gasteiger partial charge is 0.356 e. The molecule has 2 rings (SSSR count). The van der Waals surface area contributed by atoms with E-state index in [-0.39, 0.29) is 0 Å². The maximum absolute atomic E-state index is 6.07. The fourth-order valence-electron chi connectivity index (χ4n) is 2.75. The third-order valence-electron chi connectivity index (χ3n) is 4.09. The van der Waals surface area contributed by atoms with Crippen molar-refractivity contribution in [2.24, 2.45) is 11.3 Å². The summed E-state index contributed by atoms with van der Waals surface area (Å²) in [6.07, 6.45) is 3.28. The van der Waals surface area contributed by atoms with Gasteiger partial charge >= 0.3 is 0 Å². The third-order valence-corrected chi connectivity index (χ3v) is 4.28. The van der Waals surface area contributed by atoms with E-state index < -0.39 is 0 Å². The minimum Gasteiger partial charge on any atom is -0.356 e. The number of hydrogen-bond acceptors (Lipinski definition) is 3. The van der Waals surface area contributed by atoms with E-state index in [9.17, 15) is 0 Å². The Balaban J connectivity index is 2.07. The number of piperidine rings is 1. The molecule has 3 nitrogen and oxygen atoms in total. The van der Waals surface area contributed by atoms with Crippen molar-refractivity contribution >= 4 is 17.4 Å². The highest BCUT2D eigenvalue weighted by molar-refractivity contribution is 6.29. The van der Waals surface area contributed by atoms with E-state index in [0.29, 0.717) is 10.6 Å². The Hall–Kier alpha value is -0.830. The van der Waals surface area contributed by atoms with Crippen LogP contribution in [0.2, 0.25) is 5.15 Å². The van der Waals surface area contributed by atoms with Gasteiger partial charge in [-0.15, -0.1) is 0 Å². The molecule has 4 heteroatoms. The molecule has 0 radical (unpaired) electrons. The second kappa shape index (κ2) is 5.66. The van der Waals surface area contributed by atoms with Gasteiger partial charge in [0.25, 0.3) is 0 Å². The molecule has 0 bridgehead atoms. The van der Waals surface area contributed by atoms with E-state index >= 15 is 0 Å². The van der Waals surface area contributed by atoms with Crippen LogP contribution in [0.4, 0.5) is 5.82 Å². The number of aryl methyl sites for hydroxylation is 1. The van der Waals surface area contributed by atoms with E-state index in [1.165, 1.54) is 12.8 Å². The molecule has 0 saturated carbocycles. The average Bonchev–Trinajstić information content (AvgIpc) is 2.37. The Kier molecular flexibility index (Phi) is 4.34. The Labute approximate surface area is 121 Å². The normalized spacial score (nSPS) is 17.8. The van der Waals surface area contributed by atoms with Crippen LogP contribution < -0.4 is 4.90 Å². The van der Waals surface area contributed by atoms with Gasteiger partial charge in [-0.1, -0.05) is 39.3 Å². The number of aromatic nitrogens is 2. The van der Waals surface area contributed by atoms with Crippen LogP contribution in [0.5, 0.6) is 0 Å². The van der Waals surface area contributed by atoms with E-state index in [1.54, 1.807) is 0 Å². The molecule has 1 fully saturated rings. The lowest BCUT2D eigenvalue weighted by atomic mass is 9.75. The Morgan fingerprint density at radius 1 is 1.26 bits per heavy atom. The molecule has 0 amide bonds. The van der Waals surface area contributed by atoms with Crippen molar-refractivity contribution in [3.63, 3.8) is 0 Å². The van der Waals surface area contributed by atoms with Crippen LogP contribution in [0.25, 0.3) is 0 Å². The number of nitrogens with zero attached hydrogens (tertiary/aromatic N) is 3. The minimum atomic E-state index is 0.407. The number of anilines is 1. The zero-order valence-electron chi connectivity index (χ0n) is 12.4. The molecule has 1 aromatic rings. The first-order chi connectivity index (χ1) is 8.90. The van der Waals surface area contributed by atoms with E-state index in [4.69, 9.17) is 11.6 Å². The first-order valence-electron chi connectivity index (χ1n) is 7.18. The summed E-state index contributed by atoms with van der Waals surface area (Å²) in [5.41, 5.74) is 0.407. The van der Waals surface area contributed by atoms with Gasteiger partial charge in [-0.05, 0) is 24.2 Å². The molecule has 0 atom stereocenters. The molecule has 2 heterocycles. The van der Waals surface area contributed by atoms with Crippen LogP contribution in [0.15, 0.2) is 6.07 Å². The minimum absolute atomic E-state index is 0.407. The summed E-state index contributed by atoms with van der Waals surface area (Å²) in [4.78, 5) is 11.2. The SMILES string of the molecule is CCc1nc(Cl)cc(N2CCC(C(C)(C)C)CC2)n1. The number of halogens is 1. The predicted octanol–water partition coefficient (Wildman–Crippen LogP) is 3.95. The lowest BCUT2D eigenvalue weighted by molar-refractivity contribution is 0.198. The van der Waals surface area contributed by atoms with Crippen molar-refractivity contribution in [2.75, 3.05) is 18.0 Å². The molecule has 0 aliphatic carbocycles. The molecule has 0 spiro atoms. The molecule has 0 aromatic carbocycles. The maximum atomic E-state index is 6.07. The molecule has 1 aromatic heterocycles. The Morgan fingerprint density at radius 2 is 1.89 bits per heavy atom. The highest BCUT2D eigenvalue weighted by atomic mass is 35.5. The summed E-state index contributed by atoms with van der Waals surface area (Å²) in [6, 6.07) is 1.89. The quantitative estimate of drug-likeness (QED) is 0.769. The Bertz CT molecular complexity index is 432. The van der Waals surface area contributed by atoms with Crippen LogP contribution in [0, 0.1) is 11.3 Å². The average molecular weight is 282 g/mol. The first-order valence-corrected chi connectivity index (χ1v) is 7.56.